The van der Waals surface area contributed by atoms with Crippen molar-refractivity contribution in [3.05, 3.63) is 29.6 Å². The molecule has 0 aromatic heterocycles. The fourth-order valence-electron chi connectivity index (χ4n) is 2.34. The van der Waals surface area contributed by atoms with Gasteiger partial charge in [0.25, 0.3) is 0 Å². The quantitative estimate of drug-likeness (QED) is 0.911. The zero-order chi connectivity index (χ0) is 15.6. The van der Waals surface area contributed by atoms with Gasteiger partial charge in [-0.3, -0.25) is 9.59 Å². The molecule has 5 nitrogen and oxygen atoms in total. The van der Waals surface area contributed by atoms with E-state index in [1.807, 2.05) is 13.8 Å². The van der Waals surface area contributed by atoms with E-state index in [4.69, 9.17) is 4.74 Å². The lowest BCUT2D eigenvalue weighted by Crippen LogP contribution is -2.59. The van der Waals surface area contributed by atoms with E-state index >= 15 is 0 Å². The van der Waals surface area contributed by atoms with Gasteiger partial charge in [0.05, 0.1) is 13.7 Å². The molecule has 0 bridgehead atoms. The standard InChI is InChI=1S/C15H19FN2O3/c1-9(2)14-15(20)18(8-13(19)17-14)7-10-4-5-12(21-3)11(16)6-10/h4-6,9,14H,7-8H2,1-3H3,(H,17,19). The molecule has 2 amide bonds. The number of halogens is 1. The third-order valence-corrected chi connectivity index (χ3v) is 3.48. The molecule has 6 heteroatoms. The molecule has 1 aliphatic rings. The molecule has 0 spiro atoms. The molecule has 1 fully saturated rings. The van der Waals surface area contributed by atoms with Crippen molar-refractivity contribution in [1.29, 1.82) is 0 Å². The predicted molar refractivity (Wildman–Crippen MR) is 75.1 cm³/mol. The van der Waals surface area contributed by atoms with Crippen molar-refractivity contribution >= 4 is 11.8 Å². The second-order valence-electron chi connectivity index (χ2n) is 5.45. The average molecular weight is 294 g/mol. The number of amides is 2. The Hall–Kier alpha value is -2.11. The Balaban J connectivity index is 2.16. The van der Waals surface area contributed by atoms with Crippen molar-refractivity contribution in [3.8, 4) is 5.75 Å². The van der Waals surface area contributed by atoms with Crippen LogP contribution in [-0.2, 0) is 16.1 Å². The van der Waals surface area contributed by atoms with Crippen LogP contribution in [-0.4, -0.2) is 36.4 Å². The van der Waals surface area contributed by atoms with Crippen LogP contribution in [0, 0.1) is 11.7 Å². The van der Waals surface area contributed by atoms with Crippen molar-refractivity contribution in [1.82, 2.24) is 10.2 Å². The summed E-state index contributed by atoms with van der Waals surface area (Å²) in [7, 11) is 1.39. The van der Waals surface area contributed by atoms with E-state index in [9.17, 15) is 14.0 Å². The molecule has 1 unspecified atom stereocenters. The van der Waals surface area contributed by atoms with Crippen LogP contribution in [0.1, 0.15) is 19.4 Å². The molecule has 1 aliphatic heterocycles. The first-order valence-corrected chi connectivity index (χ1v) is 6.83. The molecule has 1 aromatic carbocycles. The Morgan fingerprint density at radius 1 is 1.43 bits per heavy atom. The number of rotatable bonds is 4. The highest BCUT2D eigenvalue weighted by Crippen LogP contribution is 2.20. The largest absolute Gasteiger partial charge is 0.494 e. The lowest BCUT2D eigenvalue weighted by molar-refractivity contribution is -0.146. The SMILES string of the molecule is COc1ccc(CN2CC(=O)NC(C(C)C)C2=O)cc1F. The van der Waals surface area contributed by atoms with Gasteiger partial charge < -0.3 is 15.0 Å². The van der Waals surface area contributed by atoms with Crippen molar-refractivity contribution < 1.29 is 18.7 Å². The van der Waals surface area contributed by atoms with Crippen LogP contribution in [0.15, 0.2) is 18.2 Å². The van der Waals surface area contributed by atoms with Gasteiger partial charge >= 0.3 is 0 Å². The lowest BCUT2D eigenvalue weighted by atomic mass is 10.0. The van der Waals surface area contributed by atoms with Gasteiger partial charge in [0.2, 0.25) is 11.8 Å². The van der Waals surface area contributed by atoms with Crippen LogP contribution in [0.4, 0.5) is 4.39 Å². The van der Waals surface area contributed by atoms with E-state index in [1.54, 1.807) is 6.07 Å². The summed E-state index contributed by atoms with van der Waals surface area (Å²) in [5, 5.41) is 2.69. The number of nitrogens with one attached hydrogen (secondary N) is 1. The van der Waals surface area contributed by atoms with Crippen molar-refractivity contribution in [2.75, 3.05) is 13.7 Å². The molecule has 2 rings (SSSR count). The highest BCUT2D eigenvalue weighted by atomic mass is 19.1. The van der Waals surface area contributed by atoms with Gasteiger partial charge in [-0.05, 0) is 23.6 Å². The van der Waals surface area contributed by atoms with Gasteiger partial charge in [0.15, 0.2) is 11.6 Å². The normalized spacial score (nSPS) is 18.9. The monoisotopic (exact) mass is 294 g/mol. The maximum Gasteiger partial charge on any atom is 0.246 e. The van der Waals surface area contributed by atoms with E-state index in [0.29, 0.717) is 5.56 Å². The summed E-state index contributed by atoms with van der Waals surface area (Å²) in [6.07, 6.45) is 0. The topological polar surface area (TPSA) is 58.6 Å². The number of hydrogen-bond donors (Lipinski definition) is 1. The first kappa shape index (κ1) is 15.3. The Morgan fingerprint density at radius 2 is 2.14 bits per heavy atom. The van der Waals surface area contributed by atoms with Crippen molar-refractivity contribution in [3.63, 3.8) is 0 Å². The predicted octanol–water partition coefficient (Wildman–Crippen LogP) is 1.32. The van der Waals surface area contributed by atoms with Gasteiger partial charge in [-0.1, -0.05) is 19.9 Å². The second kappa shape index (κ2) is 6.11. The van der Waals surface area contributed by atoms with Crippen LogP contribution >= 0.6 is 0 Å². The highest BCUT2D eigenvalue weighted by Gasteiger charge is 2.34. The molecule has 21 heavy (non-hydrogen) atoms. The fourth-order valence-corrected chi connectivity index (χ4v) is 2.34. The summed E-state index contributed by atoms with van der Waals surface area (Å²) < 4.78 is 18.5. The first-order chi connectivity index (χ1) is 9.92. The summed E-state index contributed by atoms with van der Waals surface area (Å²) in [5.74, 6) is -0.647. The van der Waals surface area contributed by atoms with Gasteiger partial charge in [0, 0.05) is 6.54 Å². The number of carbonyl (C=O) groups is 2. The van der Waals surface area contributed by atoms with E-state index in [-0.39, 0.29) is 36.6 Å². The van der Waals surface area contributed by atoms with E-state index < -0.39 is 11.9 Å². The number of hydrogen-bond acceptors (Lipinski definition) is 3. The number of benzene rings is 1. The van der Waals surface area contributed by atoms with Gasteiger partial charge in [-0.25, -0.2) is 4.39 Å². The molecular weight excluding hydrogens is 275 g/mol. The van der Waals surface area contributed by atoms with Crippen LogP contribution in [0.3, 0.4) is 0 Å². The average Bonchev–Trinajstić information content (AvgIpc) is 2.42. The maximum atomic E-state index is 13.7. The van der Waals surface area contributed by atoms with Crippen LogP contribution in [0.25, 0.3) is 0 Å². The minimum atomic E-state index is -0.519. The highest BCUT2D eigenvalue weighted by molar-refractivity contribution is 5.94. The molecule has 1 heterocycles. The summed E-state index contributed by atoms with van der Waals surface area (Å²) in [4.78, 5) is 25.5. The Morgan fingerprint density at radius 3 is 2.71 bits per heavy atom. The maximum absolute atomic E-state index is 13.7. The van der Waals surface area contributed by atoms with Crippen LogP contribution < -0.4 is 10.1 Å². The third kappa shape index (κ3) is 3.32. The van der Waals surface area contributed by atoms with Crippen molar-refractivity contribution in [2.24, 2.45) is 5.92 Å². The Labute approximate surface area is 123 Å². The first-order valence-electron chi connectivity index (χ1n) is 6.83. The lowest BCUT2D eigenvalue weighted by Gasteiger charge is -2.34. The van der Waals surface area contributed by atoms with Gasteiger partial charge in [-0.2, -0.15) is 0 Å². The minimum absolute atomic E-state index is 0.00426. The molecule has 114 valence electrons. The van der Waals surface area contributed by atoms with E-state index in [0.717, 1.165) is 0 Å². The zero-order valence-electron chi connectivity index (χ0n) is 12.4. The molecule has 1 aromatic rings. The molecule has 0 aliphatic carbocycles. The fraction of sp³-hybridized carbons (Fsp3) is 0.467. The Kier molecular flexibility index (Phi) is 4.45. The number of nitrogens with zero attached hydrogens (tertiary/aromatic N) is 1. The van der Waals surface area contributed by atoms with Gasteiger partial charge in [-0.15, -0.1) is 0 Å². The number of methoxy groups -OCH3 is 1. The summed E-state index contributed by atoms with van der Waals surface area (Å²) in [6.45, 7) is 3.95. The Bertz CT molecular complexity index is 560. The van der Waals surface area contributed by atoms with Crippen LogP contribution in [0.5, 0.6) is 5.75 Å². The molecule has 1 saturated heterocycles. The smallest absolute Gasteiger partial charge is 0.246 e. The second-order valence-corrected chi connectivity index (χ2v) is 5.45. The van der Waals surface area contributed by atoms with E-state index in [2.05, 4.69) is 5.32 Å². The number of ether oxygens (including phenoxy) is 1. The number of carbonyl (C=O) groups excluding carboxylic acids is 2. The summed E-state index contributed by atoms with van der Waals surface area (Å²) in [6, 6.07) is 4.00. The molecule has 0 radical (unpaired) electrons. The third-order valence-electron chi connectivity index (χ3n) is 3.48. The van der Waals surface area contributed by atoms with Crippen LogP contribution in [0.2, 0.25) is 0 Å². The molecule has 0 saturated carbocycles. The minimum Gasteiger partial charge on any atom is -0.494 e. The molecule has 1 atom stereocenters. The van der Waals surface area contributed by atoms with Crippen molar-refractivity contribution in [2.45, 2.75) is 26.4 Å². The summed E-state index contributed by atoms with van der Waals surface area (Å²) in [5.41, 5.74) is 0.624. The number of piperazine rings is 1. The zero-order valence-corrected chi connectivity index (χ0v) is 12.4. The molecular formula is C15H19FN2O3. The van der Waals surface area contributed by atoms with E-state index in [1.165, 1.54) is 24.1 Å². The van der Waals surface area contributed by atoms with Gasteiger partial charge in [0.1, 0.15) is 6.04 Å². The summed E-state index contributed by atoms with van der Waals surface area (Å²) >= 11 is 0. The molecule has 1 N–H and O–H groups in total.